The third-order valence-electron chi connectivity index (χ3n) is 7.05. The normalized spacial score (nSPS) is 22.2. The van der Waals surface area contributed by atoms with E-state index >= 15 is 0 Å². The van der Waals surface area contributed by atoms with E-state index in [2.05, 4.69) is 21.9 Å². The Morgan fingerprint density at radius 2 is 1.48 bits per heavy atom. The fourth-order valence-electron chi connectivity index (χ4n) is 5.36. The fraction of sp³-hybridized carbons (Fsp3) is 0.667. The summed E-state index contributed by atoms with van der Waals surface area (Å²) in [4.78, 5) is 32.5. The Kier molecular flexibility index (Phi) is 6.86. The van der Waals surface area contributed by atoms with Crippen molar-refractivity contribution < 1.29 is 9.59 Å². The van der Waals surface area contributed by atoms with Gasteiger partial charge in [0.2, 0.25) is 11.8 Å². The maximum Gasteiger partial charge on any atom is 0.240 e. The molecule has 3 aliphatic rings. The summed E-state index contributed by atoms with van der Waals surface area (Å²) < 4.78 is 0. The lowest BCUT2D eigenvalue weighted by Crippen LogP contribution is -2.58. The number of rotatable bonds is 6. The van der Waals surface area contributed by atoms with Crippen molar-refractivity contribution in [2.75, 3.05) is 39.3 Å². The lowest BCUT2D eigenvalue weighted by molar-refractivity contribution is -0.140. The van der Waals surface area contributed by atoms with Crippen LogP contribution in [0, 0.1) is 5.92 Å². The van der Waals surface area contributed by atoms with Crippen LogP contribution in [0.25, 0.3) is 0 Å². The van der Waals surface area contributed by atoms with Crippen LogP contribution in [0.4, 0.5) is 0 Å². The van der Waals surface area contributed by atoms with Crippen LogP contribution in [0.1, 0.15) is 50.5 Å². The zero-order valence-electron chi connectivity index (χ0n) is 17.6. The Morgan fingerprint density at radius 3 is 2.14 bits per heavy atom. The minimum atomic E-state index is 0.0390. The molecule has 1 saturated carbocycles. The van der Waals surface area contributed by atoms with Crippen molar-refractivity contribution in [1.82, 2.24) is 14.7 Å². The van der Waals surface area contributed by atoms with Gasteiger partial charge in [0.15, 0.2) is 0 Å². The average Bonchev–Trinajstić information content (AvgIpc) is 3.48. The predicted octanol–water partition coefficient (Wildman–Crippen LogP) is 2.94. The molecule has 1 aromatic rings. The second kappa shape index (κ2) is 9.75. The van der Waals surface area contributed by atoms with E-state index in [4.69, 9.17) is 0 Å². The molecule has 0 radical (unpaired) electrons. The minimum Gasteiger partial charge on any atom is -0.341 e. The number of piperazine rings is 1. The van der Waals surface area contributed by atoms with Crippen molar-refractivity contribution in [3.05, 3.63) is 35.9 Å². The molecule has 0 spiro atoms. The van der Waals surface area contributed by atoms with Gasteiger partial charge in [0, 0.05) is 45.7 Å². The number of hydrogen-bond donors (Lipinski definition) is 0. The van der Waals surface area contributed by atoms with Crippen molar-refractivity contribution in [1.29, 1.82) is 0 Å². The van der Waals surface area contributed by atoms with Gasteiger partial charge in [-0.25, -0.2) is 0 Å². The highest BCUT2D eigenvalue weighted by molar-refractivity contribution is 5.82. The highest BCUT2D eigenvalue weighted by Crippen LogP contribution is 2.32. The molecule has 29 heavy (non-hydrogen) atoms. The molecule has 5 heteroatoms. The summed E-state index contributed by atoms with van der Waals surface area (Å²) in [5.74, 6) is 1.11. The molecule has 1 unspecified atom stereocenters. The molecule has 0 aromatic heterocycles. The highest BCUT2D eigenvalue weighted by Gasteiger charge is 2.39. The van der Waals surface area contributed by atoms with E-state index in [9.17, 15) is 9.59 Å². The molecular weight excluding hydrogens is 362 g/mol. The largest absolute Gasteiger partial charge is 0.341 e. The molecule has 0 N–H and O–H groups in total. The molecule has 2 amide bonds. The molecule has 0 bridgehead atoms. The summed E-state index contributed by atoms with van der Waals surface area (Å²) in [6.07, 6.45) is 8.54. The maximum atomic E-state index is 13.3. The van der Waals surface area contributed by atoms with E-state index < -0.39 is 0 Å². The summed E-state index contributed by atoms with van der Waals surface area (Å²) >= 11 is 0. The minimum absolute atomic E-state index is 0.0390. The van der Waals surface area contributed by atoms with Crippen molar-refractivity contribution >= 4 is 11.8 Å². The lowest BCUT2D eigenvalue weighted by Gasteiger charge is -2.42. The quantitative estimate of drug-likeness (QED) is 0.741. The number of benzene rings is 1. The van der Waals surface area contributed by atoms with Gasteiger partial charge in [0.05, 0.1) is 6.04 Å². The van der Waals surface area contributed by atoms with Gasteiger partial charge in [-0.1, -0.05) is 43.2 Å². The molecule has 1 atom stereocenters. The molecule has 5 nitrogen and oxygen atoms in total. The van der Waals surface area contributed by atoms with Crippen LogP contribution < -0.4 is 0 Å². The van der Waals surface area contributed by atoms with Gasteiger partial charge in [0.25, 0.3) is 0 Å². The number of likely N-dealkylation sites (tertiary alicyclic amines) is 1. The van der Waals surface area contributed by atoms with Gasteiger partial charge in [-0.2, -0.15) is 0 Å². The summed E-state index contributed by atoms with van der Waals surface area (Å²) in [6, 6.07) is 10.3. The first-order chi connectivity index (χ1) is 14.2. The molecule has 1 aromatic carbocycles. The topological polar surface area (TPSA) is 43.9 Å². The first-order valence-corrected chi connectivity index (χ1v) is 11.6. The smallest absolute Gasteiger partial charge is 0.240 e. The number of amides is 2. The van der Waals surface area contributed by atoms with Crippen LogP contribution in [0.2, 0.25) is 0 Å². The van der Waals surface area contributed by atoms with Crippen LogP contribution in [0.15, 0.2) is 30.3 Å². The van der Waals surface area contributed by atoms with E-state index in [-0.39, 0.29) is 11.9 Å². The fourth-order valence-corrected chi connectivity index (χ4v) is 5.36. The van der Waals surface area contributed by atoms with Gasteiger partial charge in [0.1, 0.15) is 0 Å². The Hall–Kier alpha value is -1.88. The molecule has 2 heterocycles. The first-order valence-electron chi connectivity index (χ1n) is 11.6. The second-order valence-corrected chi connectivity index (χ2v) is 8.92. The third-order valence-corrected chi connectivity index (χ3v) is 7.05. The number of hydrogen-bond acceptors (Lipinski definition) is 3. The van der Waals surface area contributed by atoms with Gasteiger partial charge < -0.3 is 9.80 Å². The SMILES string of the molecule is O=C(CCc1ccccc1)N1CCN(C(C(=O)N2CCCC2)C2CCCC2)CC1. The summed E-state index contributed by atoms with van der Waals surface area (Å²) in [7, 11) is 0. The molecule has 158 valence electrons. The molecule has 1 aliphatic carbocycles. The number of nitrogens with zero attached hydrogens (tertiary/aromatic N) is 3. The number of carbonyl (C=O) groups is 2. The van der Waals surface area contributed by atoms with Crippen molar-refractivity contribution in [2.24, 2.45) is 5.92 Å². The Bertz CT molecular complexity index is 673. The lowest BCUT2D eigenvalue weighted by atomic mass is 9.94. The standard InChI is InChI=1S/C24H35N3O2/c28-22(13-12-20-8-2-1-3-9-20)25-16-18-26(19-17-25)23(21-10-4-5-11-21)24(29)27-14-6-7-15-27/h1-3,8-9,21,23H,4-7,10-19H2. The van der Waals surface area contributed by atoms with Crippen LogP contribution >= 0.6 is 0 Å². The Labute approximate surface area is 175 Å². The zero-order valence-corrected chi connectivity index (χ0v) is 17.6. The summed E-state index contributed by atoms with van der Waals surface area (Å²) in [6.45, 7) is 5.03. The monoisotopic (exact) mass is 397 g/mol. The van der Waals surface area contributed by atoms with Gasteiger partial charge in [-0.05, 0) is 43.6 Å². The summed E-state index contributed by atoms with van der Waals surface area (Å²) in [5.41, 5.74) is 1.22. The highest BCUT2D eigenvalue weighted by atomic mass is 16.2. The van der Waals surface area contributed by atoms with E-state index in [1.54, 1.807) is 0 Å². The average molecular weight is 398 g/mol. The molecule has 2 saturated heterocycles. The van der Waals surface area contributed by atoms with E-state index in [0.29, 0.717) is 18.2 Å². The molecule has 4 rings (SSSR count). The maximum absolute atomic E-state index is 13.3. The van der Waals surface area contributed by atoms with Crippen LogP contribution in [-0.4, -0.2) is 71.8 Å². The number of aryl methyl sites for hydroxylation is 1. The van der Waals surface area contributed by atoms with E-state index in [1.165, 1.54) is 31.2 Å². The van der Waals surface area contributed by atoms with Gasteiger partial charge in [-0.3, -0.25) is 14.5 Å². The number of carbonyl (C=O) groups excluding carboxylic acids is 2. The van der Waals surface area contributed by atoms with Crippen LogP contribution in [-0.2, 0) is 16.0 Å². The van der Waals surface area contributed by atoms with Crippen LogP contribution in [0.3, 0.4) is 0 Å². The molecular formula is C24H35N3O2. The van der Waals surface area contributed by atoms with Gasteiger partial charge in [-0.15, -0.1) is 0 Å². The van der Waals surface area contributed by atoms with Crippen molar-refractivity contribution in [3.63, 3.8) is 0 Å². The predicted molar refractivity (Wildman–Crippen MR) is 114 cm³/mol. The second-order valence-electron chi connectivity index (χ2n) is 8.92. The first kappa shape index (κ1) is 20.4. The summed E-state index contributed by atoms with van der Waals surface area (Å²) in [5, 5.41) is 0. The van der Waals surface area contributed by atoms with E-state index in [1.807, 2.05) is 23.1 Å². The van der Waals surface area contributed by atoms with Crippen molar-refractivity contribution in [3.8, 4) is 0 Å². The van der Waals surface area contributed by atoms with Crippen molar-refractivity contribution in [2.45, 2.75) is 57.4 Å². The zero-order chi connectivity index (χ0) is 20.1. The Morgan fingerprint density at radius 1 is 0.828 bits per heavy atom. The Balaban J connectivity index is 1.32. The van der Waals surface area contributed by atoms with Gasteiger partial charge >= 0.3 is 0 Å². The molecule has 3 fully saturated rings. The molecule has 2 aliphatic heterocycles. The van der Waals surface area contributed by atoms with Crippen LogP contribution in [0.5, 0.6) is 0 Å². The van der Waals surface area contributed by atoms with E-state index in [0.717, 1.165) is 58.5 Å². The third kappa shape index (κ3) is 5.00.